The van der Waals surface area contributed by atoms with Crippen molar-refractivity contribution in [3.63, 3.8) is 0 Å². The smallest absolute Gasteiger partial charge is 0.257 e. The summed E-state index contributed by atoms with van der Waals surface area (Å²) in [4.78, 5) is 11.3. The van der Waals surface area contributed by atoms with E-state index in [4.69, 9.17) is 22.1 Å². The van der Waals surface area contributed by atoms with Gasteiger partial charge in [0.25, 0.3) is 5.91 Å². The molecule has 0 unspecified atom stereocenters. The van der Waals surface area contributed by atoms with Crippen LogP contribution in [0.5, 0.6) is 5.75 Å². The first-order valence-corrected chi connectivity index (χ1v) is 5.45. The van der Waals surface area contributed by atoms with Gasteiger partial charge in [0, 0.05) is 11.6 Å². The fourth-order valence-corrected chi connectivity index (χ4v) is 1.27. The number of benzene rings is 1. The molecule has 1 aromatic carbocycles. The third kappa shape index (κ3) is 5.00. The van der Waals surface area contributed by atoms with Crippen molar-refractivity contribution in [3.05, 3.63) is 29.3 Å². The molecule has 0 aliphatic rings. The number of hydrogen-bond acceptors (Lipinski definition) is 3. The number of amides is 1. The number of nitrogens with one attached hydrogen (secondary N) is 1. The second kappa shape index (κ2) is 7.09. The van der Waals surface area contributed by atoms with Gasteiger partial charge in [-0.05, 0) is 31.2 Å². The predicted molar refractivity (Wildman–Crippen MR) is 63.6 cm³/mol. The summed E-state index contributed by atoms with van der Waals surface area (Å²) in [7, 11) is 0. The van der Waals surface area contributed by atoms with E-state index in [0.717, 1.165) is 6.42 Å². The summed E-state index contributed by atoms with van der Waals surface area (Å²) in [5.41, 5.74) is 5.30. The Bertz CT molecular complexity index is 345. The van der Waals surface area contributed by atoms with Crippen LogP contribution in [0.1, 0.15) is 6.42 Å². The highest BCUT2D eigenvalue weighted by molar-refractivity contribution is 6.30. The van der Waals surface area contributed by atoms with Crippen molar-refractivity contribution in [1.29, 1.82) is 0 Å². The van der Waals surface area contributed by atoms with Crippen molar-refractivity contribution in [2.45, 2.75) is 6.42 Å². The van der Waals surface area contributed by atoms with Crippen LogP contribution < -0.4 is 15.8 Å². The highest BCUT2D eigenvalue weighted by Gasteiger charge is 2.01. The average Bonchev–Trinajstić information content (AvgIpc) is 2.27. The van der Waals surface area contributed by atoms with Gasteiger partial charge in [-0.25, -0.2) is 0 Å². The van der Waals surface area contributed by atoms with Crippen LogP contribution in [0.15, 0.2) is 24.3 Å². The molecule has 1 aromatic rings. The first-order valence-electron chi connectivity index (χ1n) is 5.07. The molecule has 0 heterocycles. The molecule has 16 heavy (non-hydrogen) atoms. The minimum atomic E-state index is -0.159. The number of nitrogens with two attached hydrogens (primary N) is 1. The molecule has 1 amide bonds. The molecule has 0 radical (unpaired) electrons. The van der Waals surface area contributed by atoms with Crippen molar-refractivity contribution in [3.8, 4) is 5.75 Å². The van der Waals surface area contributed by atoms with Crippen LogP contribution in [0.3, 0.4) is 0 Å². The van der Waals surface area contributed by atoms with Gasteiger partial charge in [0.2, 0.25) is 0 Å². The largest absolute Gasteiger partial charge is 0.484 e. The Kier molecular flexibility index (Phi) is 5.67. The molecule has 0 bridgehead atoms. The molecule has 4 nitrogen and oxygen atoms in total. The number of carbonyl (C=O) groups excluding carboxylic acids is 1. The quantitative estimate of drug-likeness (QED) is 0.737. The number of hydrogen-bond donors (Lipinski definition) is 2. The van der Waals surface area contributed by atoms with Crippen LogP contribution in [0.25, 0.3) is 0 Å². The normalized spacial score (nSPS) is 9.88. The fourth-order valence-electron chi connectivity index (χ4n) is 1.09. The minimum absolute atomic E-state index is 0.00901. The highest BCUT2D eigenvalue weighted by atomic mass is 35.5. The maximum Gasteiger partial charge on any atom is 0.257 e. The lowest BCUT2D eigenvalue weighted by atomic mass is 10.3. The molecule has 0 saturated heterocycles. The van der Waals surface area contributed by atoms with Gasteiger partial charge in [-0.15, -0.1) is 0 Å². The van der Waals surface area contributed by atoms with Crippen molar-refractivity contribution in [2.24, 2.45) is 5.73 Å². The fraction of sp³-hybridized carbons (Fsp3) is 0.364. The Balaban J connectivity index is 2.26. The van der Waals surface area contributed by atoms with Crippen LogP contribution >= 0.6 is 11.6 Å². The molecule has 88 valence electrons. The van der Waals surface area contributed by atoms with Crippen LogP contribution in [0.2, 0.25) is 5.02 Å². The van der Waals surface area contributed by atoms with Crippen LogP contribution in [0, 0.1) is 0 Å². The van der Waals surface area contributed by atoms with E-state index in [2.05, 4.69) is 5.32 Å². The molecule has 0 saturated carbocycles. The van der Waals surface area contributed by atoms with Gasteiger partial charge >= 0.3 is 0 Å². The van der Waals surface area contributed by atoms with Crippen molar-refractivity contribution < 1.29 is 9.53 Å². The Morgan fingerprint density at radius 1 is 1.50 bits per heavy atom. The SMILES string of the molecule is NCCCNC(=O)COc1cccc(Cl)c1. The second-order valence-electron chi connectivity index (χ2n) is 3.24. The summed E-state index contributed by atoms with van der Waals surface area (Å²) < 4.78 is 5.25. The maximum atomic E-state index is 11.3. The highest BCUT2D eigenvalue weighted by Crippen LogP contribution is 2.16. The Morgan fingerprint density at radius 2 is 2.31 bits per heavy atom. The molecule has 5 heteroatoms. The van der Waals surface area contributed by atoms with Crippen LogP contribution in [0.4, 0.5) is 0 Å². The lowest BCUT2D eigenvalue weighted by Gasteiger charge is -2.07. The van der Waals surface area contributed by atoms with Crippen LogP contribution in [-0.4, -0.2) is 25.6 Å². The van der Waals surface area contributed by atoms with Gasteiger partial charge < -0.3 is 15.8 Å². The van der Waals surface area contributed by atoms with E-state index in [9.17, 15) is 4.79 Å². The maximum absolute atomic E-state index is 11.3. The minimum Gasteiger partial charge on any atom is -0.484 e. The number of carbonyl (C=O) groups is 1. The molecule has 3 N–H and O–H groups in total. The number of rotatable bonds is 6. The third-order valence-corrected chi connectivity index (χ3v) is 2.10. The van der Waals surface area contributed by atoms with Gasteiger partial charge in [0.05, 0.1) is 0 Å². The van der Waals surface area contributed by atoms with E-state index in [1.807, 2.05) is 0 Å². The molecule has 0 aromatic heterocycles. The Labute approximate surface area is 99.7 Å². The molecular formula is C11H15ClN2O2. The zero-order valence-electron chi connectivity index (χ0n) is 8.91. The summed E-state index contributed by atoms with van der Waals surface area (Å²) in [6, 6.07) is 6.92. The summed E-state index contributed by atoms with van der Waals surface area (Å²) >= 11 is 5.77. The summed E-state index contributed by atoms with van der Waals surface area (Å²) in [6.07, 6.45) is 0.767. The topological polar surface area (TPSA) is 64.3 Å². The molecule has 0 atom stereocenters. The van der Waals surface area contributed by atoms with Crippen molar-refractivity contribution >= 4 is 17.5 Å². The first kappa shape index (κ1) is 12.8. The lowest BCUT2D eigenvalue weighted by Crippen LogP contribution is -2.30. The van der Waals surface area contributed by atoms with Gasteiger partial charge in [0.1, 0.15) is 5.75 Å². The molecule has 0 fully saturated rings. The van der Waals surface area contributed by atoms with E-state index in [1.165, 1.54) is 0 Å². The Hall–Kier alpha value is -1.26. The second-order valence-corrected chi connectivity index (χ2v) is 3.67. The van der Waals surface area contributed by atoms with E-state index < -0.39 is 0 Å². The van der Waals surface area contributed by atoms with Gasteiger partial charge in [-0.2, -0.15) is 0 Å². The first-order chi connectivity index (χ1) is 7.72. The van der Waals surface area contributed by atoms with Gasteiger partial charge in [-0.1, -0.05) is 17.7 Å². The summed E-state index contributed by atoms with van der Waals surface area (Å²) in [5.74, 6) is 0.426. The monoisotopic (exact) mass is 242 g/mol. The van der Waals surface area contributed by atoms with E-state index >= 15 is 0 Å². The van der Waals surface area contributed by atoms with Gasteiger partial charge in [-0.3, -0.25) is 4.79 Å². The zero-order valence-corrected chi connectivity index (χ0v) is 9.67. The summed E-state index contributed by atoms with van der Waals surface area (Å²) in [5, 5.41) is 3.28. The number of halogens is 1. The van der Waals surface area contributed by atoms with Crippen molar-refractivity contribution in [1.82, 2.24) is 5.32 Å². The number of ether oxygens (including phenoxy) is 1. The standard InChI is InChI=1S/C11H15ClN2O2/c12-9-3-1-4-10(7-9)16-8-11(15)14-6-2-5-13/h1,3-4,7H,2,5-6,8,13H2,(H,14,15). The molecule has 0 spiro atoms. The van der Waals surface area contributed by atoms with Crippen molar-refractivity contribution in [2.75, 3.05) is 19.7 Å². The third-order valence-electron chi connectivity index (χ3n) is 1.87. The molecule has 1 rings (SSSR count). The van der Waals surface area contributed by atoms with E-state index in [0.29, 0.717) is 23.9 Å². The van der Waals surface area contributed by atoms with E-state index in [-0.39, 0.29) is 12.5 Å². The Morgan fingerprint density at radius 3 is 3.00 bits per heavy atom. The predicted octanol–water partition coefficient (Wildman–Crippen LogP) is 1.18. The molecule has 0 aliphatic heterocycles. The summed E-state index contributed by atoms with van der Waals surface area (Å²) in [6.45, 7) is 1.13. The average molecular weight is 243 g/mol. The van der Waals surface area contributed by atoms with E-state index in [1.54, 1.807) is 24.3 Å². The lowest BCUT2D eigenvalue weighted by molar-refractivity contribution is -0.123. The van der Waals surface area contributed by atoms with Crippen LogP contribution in [-0.2, 0) is 4.79 Å². The van der Waals surface area contributed by atoms with Gasteiger partial charge in [0.15, 0.2) is 6.61 Å². The molecule has 0 aliphatic carbocycles. The zero-order chi connectivity index (χ0) is 11.8. The molecular weight excluding hydrogens is 228 g/mol.